The molecule has 0 radical (unpaired) electrons. The van der Waals surface area contributed by atoms with Crippen LogP contribution in [0, 0.1) is 6.92 Å². The molecule has 1 aliphatic rings. The number of piperazine rings is 1. The number of aryl methyl sites for hydroxylation is 1. The summed E-state index contributed by atoms with van der Waals surface area (Å²) < 4.78 is 27.3. The third-order valence-electron chi connectivity index (χ3n) is 4.98. The number of carboxylic acid groups (broad SMARTS) is 2. The van der Waals surface area contributed by atoms with E-state index in [2.05, 4.69) is 29.3 Å². The monoisotopic (exact) mass is 477 g/mol. The molecular formula is C22H27N3O7S. The molecule has 1 heterocycles. The first-order valence-electron chi connectivity index (χ1n) is 10.1. The van der Waals surface area contributed by atoms with E-state index < -0.39 is 22.0 Å². The maximum absolute atomic E-state index is 12.9. The van der Waals surface area contributed by atoms with Gasteiger partial charge < -0.3 is 15.5 Å². The van der Waals surface area contributed by atoms with Gasteiger partial charge in [-0.3, -0.25) is 9.69 Å². The zero-order valence-electron chi connectivity index (χ0n) is 18.4. The van der Waals surface area contributed by atoms with E-state index in [-0.39, 0.29) is 10.8 Å². The summed E-state index contributed by atoms with van der Waals surface area (Å²) in [6.07, 6.45) is 0. The minimum Gasteiger partial charge on any atom is -0.473 e. The number of hydrogen-bond acceptors (Lipinski definition) is 6. The van der Waals surface area contributed by atoms with Crippen LogP contribution < -0.4 is 5.32 Å². The number of rotatable bonds is 5. The Bertz CT molecular complexity index is 1080. The van der Waals surface area contributed by atoms with Crippen molar-refractivity contribution in [2.75, 3.05) is 31.5 Å². The molecule has 1 aliphatic heterocycles. The van der Waals surface area contributed by atoms with Gasteiger partial charge in [0.15, 0.2) is 0 Å². The lowest BCUT2D eigenvalue weighted by atomic mass is 10.1. The van der Waals surface area contributed by atoms with E-state index in [9.17, 15) is 13.2 Å². The Hall–Kier alpha value is -3.28. The van der Waals surface area contributed by atoms with Crippen molar-refractivity contribution >= 4 is 33.6 Å². The molecule has 2 aromatic carbocycles. The second-order valence-corrected chi connectivity index (χ2v) is 9.36. The van der Waals surface area contributed by atoms with Gasteiger partial charge in [-0.15, -0.1) is 0 Å². The predicted octanol–water partition coefficient (Wildman–Crippen LogP) is 1.62. The Morgan fingerprint density at radius 3 is 1.94 bits per heavy atom. The lowest BCUT2D eigenvalue weighted by Crippen LogP contribution is -2.48. The molecule has 0 atom stereocenters. The van der Waals surface area contributed by atoms with Crippen molar-refractivity contribution < 1.29 is 33.0 Å². The number of anilines is 1. The quantitative estimate of drug-likeness (QED) is 0.551. The van der Waals surface area contributed by atoms with Crippen LogP contribution in [0.25, 0.3) is 0 Å². The summed E-state index contributed by atoms with van der Waals surface area (Å²) in [4.78, 5) is 31.8. The SMILES string of the molecule is CC(=O)Nc1ccc(S(=O)(=O)N2CCN(Cc3ccccc3C)CC2)cc1.O=C(O)C(=O)O. The minimum atomic E-state index is -3.52. The number of aliphatic carboxylic acids is 2. The molecule has 2 aromatic rings. The summed E-state index contributed by atoms with van der Waals surface area (Å²) in [5, 5.41) is 17.4. The summed E-state index contributed by atoms with van der Waals surface area (Å²) in [5.41, 5.74) is 3.12. The van der Waals surface area contributed by atoms with Gasteiger partial charge in [0.05, 0.1) is 4.90 Å². The van der Waals surface area contributed by atoms with Crippen LogP contribution in [0.1, 0.15) is 18.1 Å². The van der Waals surface area contributed by atoms with Crippen molar-refractivity contribution in [3.05, 3.63) is 59.7 Å². The number of sulfonamides is 1. The fourth-order valence-corrected chi connectivity index (χ4v) is 4.64. The first-order chi connectivity index (χ1) is 15.5. The van der Waals surface area contributed by atoms with Gasteiger partial charge in [0.1, 0.15) is 0 Å². The average Bonchev–Trinajstić information content (AvgIpc) is 2.76. The lowest BCUT2D eigenvalue weighted by molar-refractivity contribution is -0.159. The second-order valence-electron chi connectivity index (χ2n) is 7.42. The van der Waals surface area contributed by atoms with Gasteiger partial charge in [-0.1, -0.05) is 24.3 Å². The summed E-state index contributed by atoms with van der Waals surface area (Å²) in [5.74, 6) is -3.83. The number of nitrogens with zero attached hydrogens (tertiary/aromatic N) is 2. The fraction of sp³-hybridized carbons (Fsp3) is 0.318. The van der Waals surface area contributed by atoms with Gasteiger partial charge in [-0.2, -0.15) is 4.31 Å². The third kappa shape index (κ3) is 7.67. The molecule has 11 heteroatoms. The van der Waals surface area contributed by atoms with Gasteiger partial charge in [0.25, 0.3) is 0 Å². The zero-order chi connectivity index (χ0) is 24.6. The molecule has 1 saturated heterocycles. The van der Waals surface area contributed by atoms with Gasteiger partial charge >= 0.3 is 11.9 Å². The molecule has 1 amide bonds. The zero-order valence-corrected chi connectivity index (χ0v) is 19.2. The molecule has 0 bridgehead atoms. The third-order valence-corrected chi connectivity index (χ3v) is 6.89. The predicted molar refractivity (Wildman–Crippen MR) is 121 cm³/mol. The maximum Gasteiger partial charge on any atom is 0.414 e. The largest absolute Gasteiger partial charge is 0.473 e. The smallest absolute Gasteiger partial charge is 0.414 e. The van der Waals surface area contributed by atoms with Crippen molar-refractivity contribution in [1.82, 2.24) is 9.21 Å². The van der Waals surface area contributed by atoms with Crippen LogP contribution in [-0.2, 0) is 31.0 Å². The molecule has 0 aromatic heterocycles. The number of carboxylic acids is 2. The van der Waals surface area contributed by atoms with Crippen molar-refractivity contribution in [3.63, 3.8) is 0 Å². The molecule has 33 heavy (non-hydrogen) atoms. The highest BCUT2D eigenvalue weighted by molar-refractivity contribution is 7.89. The second kappa shape index (κ2) is 11.5. The van der Waals surface area contributed by atoms with Crippen LogP contribution in [0.5, 0.6) is 0 Å². The summed E-state index contributed by atoms with van der Waals surface area (Å²) >= 11 is 0. The van der Waals surface area contributed by atoms with E-state index in [0.29, 0.717) is 31.9 Å². The number of benzene rings is 2. The molecule has 0 aliphatic carbocycles. The fourth-order valence-electron chi connectivity index (χ4n) is 3.22. The first kappa shape index (κ1) is 26.0. The Morgan fingerprint density at radius 1 is 0.909 bits per heavy atom. The Kier molecular flexibility index (Phi) is 9.09. The van der Waals surface area contributed by atoms with Gasteiger partial charge in [-0.25, -0.2) is 18.0 Å². The summed E-state index contributed by atoms with van der Waals surface area (Å²) in [6.45, 7) is 6.71. The summed E-state index contributed by atoms with van der Waals surface area (Å²) in [7, 11) is -3.52. The summed E-state index contributed by atoms with van der Waals surface area (Å²) in [6, 6.07) is 14.6. The molecule has 0 unspecified atom stereocenters. The Labute approximate surface area is 192 Å². The molecule has 178 valence electrons. The highest BCUT2D eigenvalue weighted by Gasteiger charge is 2.28. The maximum atomic E-state index is 12.9. The molecule has 3 rings (SSSR count). The van der Waals surface area contributed by atoms with Crippen LogP contribution in [0.3, 0.4) is 0 Å². The molecule has 0 saturated carbocycles. The van der Waals surface area contributed by atoms with Gasteiger partial charge in [0.2, 0.25) is 15.9 Å². The Balaban J connectivity index is 0.000000569. The van der Waals surface area contributed by atoms with E-state index in [0.717, 1.165) is 6.54 Å². The topological polar surface area (TPSA) is 144 Å². The van der Waals surface area contributed by atoms with Crippen molar-refractivity contribution in [2.24, 2.45) is 0 Å². The molecule has 3 N–H and O–H groups in total. The highest BCUT2D eigenvalue weighted by atomic mass is 32.2. The molecule has 10 nitrogen and oxygen atoms in total. The van der Waals surface area contributed by atoms with Crippen molar-refractivity contribution in [2.45, 2.75) is 25.3 Å². The normalized spacial score (nSPS) is 14.6. The van der Waals surface area contributed by atoms with Crippen LogP contribution in [0.2, 0.25) is 0 Å². The van der Waals surface area contributed by atoms with Crippen LogP contribution in [-0.4, -0.2) is 71.9 Å². The van der Waals surface area contributed by atoms with E-state index in [1.807, 2.05) is 12.1 Å². The van der Waals surface area contributed by atoms with Gasteiger partial charge in [-0.05, 0) is 42.3 Å². The van der Waals surface area contributed by atoms with Crippen LogP contribution >= 0.6 is 0 Å². The number of carbonyl (C=O) groups excluding carboxylic acids is 1. The van der Waals surface area contributed by atoms with Crippen LogP contribution in [0.4, 0.5) is 5.69 Å². The average molecular weight is 478 g/mol. The van der Waals surface area contributed by atoms with Crippen LogP contribution in [0.15, 0.2) is 53.4 Å². The highest BCUT2D eigenvalue weighted by Crippen LogP contribution is 2.21. The Morgan fingerprint density at radius 2 is 1.45 bits per heavy atom. The van der Waals surface area contributed by atoms with Crippen molar-refractivity contribution in [1.29, 1.82) is 0 Å². The molecular weight excluding hydrogens is 450 g/mol. The number of nitrogens with one attached hydrogen (secondary N) is 1. The molecule has 0 spiro atoms. The lowest BCUT2D eigenvalue weighted by Gasteiger charge is -2.34. The van der Waals surface area contributed by atoms with E-state index in [1.54, 1.807) is 24.3 Å². The standard InChI is InChI=1S/C20H25N3O3S.C2H2O4/c1-16-5-3-4-6-18(16)15-22-11-13-23(14-12-22)27(25,26)20-9-7-19(8-10-20)21-17(2)24;3-1(4)2(5)6/h3-10H,11-15H2,1-2H3,(H,21,24);(H,3,4)(H,5,6). The minimum absolute atomic E-state index is 0.185. The van der Waals surface area contributed by atoms with Crippen molar-refractivity contribution in [3.8, 4) is 0 Å². The van der Waals surface area contributed by atoms with E-state index in [1.165, 1.54) is 22.4 Å². The molecule has 1 fully saturated rings. The first-order valence-corrected chi connectivity index (χ1v) is 11.6. The number of amides is 1. The van der Waals surface area contributed by atoms with E-state index >= 15 is 0 Å². The number of hydrogen-bond donors (Lipinski definition) is 3. The van der Waals surface area contributed by atoms with E-state index in [4.69, 9.17) is 19.8 Å². The van der Waals surface area contributed by atoms with Gasteiger partial charge in [0, 0.05) is 45.3 Å². The number of carbonyl (C=O) groups is 3.